The Labute approximate surface area is 575 Å². The van der Waals surface area contributed by atoms with Crippen LogP contribution in [0.2, 0.25) is 0 Å². The summed E-state index contributed by atoms with van der Waals surface area (Å²) in [6.07, 6.45) is 51.5. The van der Waals surface area contributed by atoms with Crippen molar-refractivity contribution in [2.45, 2.75) is 401 Å². The number of aliphatic hydroxyl groups is 1. The van der Waals surface area contributed by atoms with Gasteiger partial charge < -0.3 is 33.8 Å². The lowest BCUT2D eigenvalue weighted by molar-refractivity contribution is -0.161. The van der Waals surface area contributed by atoms with Crippen LogP contribution in [0.4, 0.5) is 0 Å². The maximum atomic E-state index is 13.1. The fourth-order valence-corrected chi connectivity index (χ4v) is 12.9. The highest BCUT2D eigenvalue weighted by atomic mass is 31.2. The summed E-state index contributed by atoms with van der Waals surface area (Å²) in [4.78, 5) is 72.7. The third kappa shape index (κ3) is 66.0. The van der Waals surface area contributed by atoms with Crippen molar-refractivity contribution in [3.05, 3.63) is 0 Å². The van der Waals surface area contributed by atoms with E-state index in [0.29, 0.717) is 25.7 Å². The Hall–Kier alpha value is -1.94. The summed E-state index contributed by atoms with van der Waals surface area (Å²) in [7, 11) is -9.91. The van der Waals surface area contributed by atoms with Crippen LogP contribution >= 0.6 is 15.6 Å². The largest absolute Gasteiger partial charge is 0.472 e. The Morgan fingerprint density at radius 1 is 0.309 bits per heavy atom. The van der Waals surface area contributed by atoms with Crippen molar-refractivity contribution in [2.24, 2.45) is 17.8 Å². The molecule has 19 heteroatoms. The summed E-state index contributed by atoms with van der Waals surface area (Å²) in [5, 5.41) is 10.6. The van der Waals surface area contributed by atoms with E-state index in [0.717, 1.165) is 114 Å². The number of hydrogen-bond acceptors (Lipinski definition) is 15. The van der Waals surface area contributed by atoms with Crippen molar-refractivity contribution < 1.29 is 80.2 Å². The first-order valence-corrected chi connectivity index (χ1v) is 41.9. The first-order chi connectivity index (χ1) is 45.3. The zero-order valence-electron chi connectivity index (χ0n) is 61.4. The van der Waals surface area contributed by atoms with E-state index in [4.69, 9.17) is 37.0 Å². The molecule has 0 heterocycles. The summed E-state index contributed by atoms with van der Waals surface area (Å²) in [5.74, 6) is 0.148. The van der Waals surface area contributed by atoms with Gasteiger partial charge in [0, 0.05) is 25.7 Å². The third-order valence-electron chi connectivity index (χ3n) is 18.1. The summed E-state index contributed by atoms with van der Waals surface area (Å²) in [6.45, 7) is 11.8. The predicted octanol–water partition coefficient (Wildman–Crippen LogP) is 21.8. The lowest BCUT2D eigenvalue weighted by Gasteiger charge is -2.21. The van der Waals surface area contributed by atoms with Crippen LogP contribution in [-0.4, -0.2) is 96.7 Å². The zero-order valence-corrected chi connectivity index (χ0v) is 63.2. The van der Waals surface area contributed by atoms with Gasteiger partial charge in [-0.3, -0.25) is 37.3 Å². The summed E-state index contributed by atoms with van der Waals surface area (Å²) >= 11 is 0. The minimum atomic E-state index is -4.96. The van der Waals surface area contributed by atoms with Crippen LogP contribution in [0.15, 0.2) is 0 Å². The quantitative estimate of drug-likeness (QED) is 0.0222. The number of carbonyl (C=O) groups excluding carboxylic acids is 4. The number of carbonyl (C=O) groups is 4. The SMILES string of the molecule is CCCCCCCCCCCCCCCC(=O)OC[C@H](COP(=O)(O)OC[C@@H](O)COP(=O)(O)OC[C@@H](COC(=O)CCCCCCCCC(C)CC)OC(=O)CCCCCCCCC(C)CC)OC(=O)CCCCCCCCCCCCCCCCCCCCC(C)C. The minimum Gasteiger partial charge on any atom is -0.462 e. The van der Waals surface area contributed by atoms with Gasteiger partial charge >= 0.3 is 39.5 Å². The van der Waals surface area contributed by atoms with Gasteiger partial charge in [0.2, 0.25) is 0 Å². The molecule has 558 valence electrons. The van der Waals surface area contributed by atoms with Gasteiger partial charge in [-0.15, -0.1) is 0 Å². The highest BCUT2D eigenvalue weighted by Gasteiger charge is 2.30. The second kappa shape index (κ2) is 65.7. The molecule has 0 aromatic carbocycles. The lowest BCUT2D eigenvalue weighted by atomic mass is 10.00. The second-order valence-corrected chi connectivity index (χ2v) is 30.9. The Morgan fingerprint density at radius 2 is 0.543 bits per heavy atom. The van der Waals surface area contributed by atoms with Crippen molar-refractivity contribution >= 4 is 39.5 Å². The van der Waals surface area contributed by atoms with E-state index >= 15 is 0 Å². The number of esters is 4. The standard InChI is InChI=1S/C75H146O17P2/c1-8-11-12-13-14-15-16-23-27-30-33-42-49-56-72(77)85-62-70(91-74(79)58-51-44-34-31-28-25-22-20-18-17-19-21-24-26-29-32-39-46-53-66(4)5)64-89-93(81,82)87-60-69(76)61-88-94(83,84)90-65-71(92-75(80)59-52-45-38-36-41-48-55-68(7)10-3)63-86-73(78)57-50-43-37-35-40-47-54-67(6)9-2/h66-71,76H,8-65H2,1-7H3,(H,81,82)(H,83,84)/t67?,68?,69-,70-,71-/m1/s1. The van der Waals surface area contributed by atoms with E-state index in [1.54, 1.807) is 0 Å². The topological polar surface area (TPSA) is 237 Å². The van der Waals surface area contributed by atoms with Gasteiger partial charge in [-0.1, -0.05) is 331 Å². The molecule has 0 aliphatic heterocycles. The van der Waals surface area contributed by atoms with Gasteiger partial charge in [0.15, 0.2) is 12.2 Å². The number of rotatable bonds is 73. The van der Waals surface area contributed by atoms with Crippen molar-refractivity contribution in [2.75, 3.05) is 39.6 Å². The van der Waals surface area contributed by atoms with Gasteiger partial charge in [-0.05, 0) is 43.4 Å². The lowest BCUT2D eigenvalue weighted by Crippen LogP contribution is -2.30. The number of aliphatic hydroxyl groups excluding tert-OH is 1. The van der Waals surface area contributed by atoms with Crippen LogP contribution in [0, 0.1) is 17.8 Å². The van der Waals surface area contributed by atoms with Crippen LogP contribution in [0.1, 0.15) is 382 Å². The van der Waals surface area contributed by atoms with Gasteiger partial charge in [-0.25, -0.2) is 9.13 Å². The molecule has 4 unspecified atom stereocenters. The fraction of sp³-hybridized carbons (Fsp3) is 0.947. The third-order valence-corrected chi connectivity index (χ3v) is 20.0. The molecule has 0 aromatic heterocycles. The maximum Gasteiger partial charge on any atom is 0.472 e. The van der Waals surface area contributed by atoms with Crippen LogP contribution < -0.4 is 0 Å². The zero-order chi connectivity index (χ0) is 69.4. The molecule has 0 bridgehead atoms. The molecule has 0 aromatic rings. The first-order valence-electron chi connectivity index (χ1n) is 38.9. The predicted molar refractivity (Wildman–Crippen MR) is 381 cm³/mol. The minimum absolute atomic E-state index is 0.102. The Bertz CT molecular complexity index is 1840. The molecular weight excluding hydrogens is 1230 g/mol. The van der Waals surface area contributed by atoms with Crippen molar-refractivity contribution in [3.63, 3.8) is 0 Å². The highest BCUT2D eigenvalue weighted by molar-refractivity contribution is 7.47. The van der Waals surface area contributed by atoms with E-state index in [1.807, 2.05) is 0 Å². The van der Waals surface area contributed by atoms with Crippen molar-refractivity contribution in [1.82, 2.24) is 0 Å². The number of phosphoric acid groups is 2. The van der Waals surface area contributed by atoms with Gasteiger partial charge in [-0.2, -0.15) is 0 Å². The molecule has 0 saturated carbocycles. The molecule has 0 amide bonds. The van der Waals surface area contributed by atoms with Crippen molar-refractivity contribution in [3.8, 4) is 0 Å². The molecule has 94 heavy (non-hydrogen) atoms. The molecule has 7 atom stereocenters. The molecule has 0 rings (SSSR count). The summed E-state index contributed by atoms with van der Waals surface area (Å²) < 4.78 is 68.4. The molecule has 17 nitrogen and oxygen atoms in total. The Morgan fingerprint density at radius 3 is 0.809 bits per heavy atom. The smallest absolute Gasteiger partial charge is 0.462 e. The van der Waals surface area contributed by atoms with Gasteiger partial charge in [0.1, 0.15) is 19.3 Å². The number of phosphoric ester groups is 2. The van der Waals surface area contributed by atoms with Crippen LogP contribution in [-0.2, 0) is 65.4 Å². The van der Waals surface area contributed by atoms with Crippen LogP contribution in [0.3, 0.4) is 0 Å². The normalized spacial score (nSPS) is 14.7. The molecule has 0 radical (unpaired) electrons. The van der Waals surface area contributed by atoms with Gasteiger partial charge in [0.25, 0.3) is 0 Å². The summed E-state index contributed by atoms with van der Waals surface area (Å²) in [5.41, 5.74) is 0. The van der Waals surface area contributed by atoms with E-state index in [2.05, 4.69) is 48.5 Å². The van der Waals surface area contributed by atoms with Crippen LogP contribution in [0.5, 0.6) is 0 Å². The highest BCUT2D eigenvalue weighted by Crippen LogP contribution is 2.45. The maximum absolute atomic E-state index is 13.1. The molecule has 3 N–H and O–H groups in total. The van der Waals surface area contributed by atoms with E-state index < -0.39 is 97.5 Å². The van der Waals surface area contributed by atoms with Crippen LogP contribution in [0.25, 0.3) is 0 Å². The van der Waals surface area contributed by atoms with Gasteiger partial charge in [0.05, 0.1) is 26.4 Å². The monoisotopic (exact) mass is 1380 g/mol. The second-order valence-electron chi connectivity index (χ2n) is 28.0. The fourth-order valence-electron chi connectivity index (χ4n) is 11.4. The number of unbranched alkanes of at least 4 members (excludes halogenated alkanes) is 39. The average molecular weight is 1380 g/mol. The van der Waals surface area contributed by atoms with Crippen molar-refractivity contribution in [1.29, 1.82) is 0 Å². The molecule has 0 saturated heterocycles. The first kappa shape index (κ1) is 92.1. The summed E-state index contributed by atoms with van der Waals surface area (Å²) in [6, 6.07) is 0. The molecule has 0 fully saturated rings. The van der Waals surface area contributed by atoms with E-state index in [-0.39, 0.29) is 25.7 Å². The molecular formula is C75H146O17P2. The molecule has 0 aliphatic carbocycles. The van der Waals surface area contributed by atoms with E-state index in [9.17, 15) is 43.2 Å². The number of ether oxygens (including phenoxy) is 4. The molecule has 0 spiro atoms. The Balaban J connectivity index is 5.19. The van der Waals surface area contributed by atoms with E-state index in [1.165, 1.54) is 186 Å². The molecule has 0 aliphatic rings. The average Bonchev–Trinajstić information content (AvgIpc) is 2.63. The number of hydrogen-bond donors (Lipinski definition) is 3. The Kier molecular flexibility index (Phi) is 64.3.